The van der Waals surface area contributed by atoms with Crippen molar-refractivity contribution in [3.05, 3.63) is 21.9 Å². The summed E-state index contributed by atoms with van der Waals surface area (Å²) in [5.74, 6) is 0.556. The quantitative estimate of drug-likeness (QED) is 0.834. The van der Waals surface area contributed by atoms with E-state index in [0.717, 1.165) is 6.42 Å². The van der Waals surface area contributed by atoms with Gasteiger partial charge < -0.3 is 18.9 Å². The Kier molecular flexibility index (Phi) is 4.66. The third kappa shape index (κ3) is 3.32. The van der Waals surface area contributed by atoms with E-state index in [1.165, 1.54) is 10.4 Å². The van der Waals surface area contributed by atoms with Gasteiger partial charge in [-0.3, -0.25) is 0 Å². The largest absolute Gasteiger partial charge is 0.368 e. The lowest BCUT2D eigenvalue weighted by molar-refractivity contribution is -0.170. The molecule has 21 heavy (non-hydrogen) atoms. The minimum absolute atomic E-state index is 0.0476. The number of hydrogen-bond acceptors (Lipinski definition) is 5. The van der Waals surface area contributed by atoms with E-state index in [0.29, 0.717) is 12.5 Å². The average molecular weight is 312 g/mol. The fourth-order valence-corrected chi connectivity index (χ4v) is 3.71. The summed E-state index contributed by atoms with van der Waals surface area (Å²) in [5, 5.41) is 2.10. The average Bonchev–Trinajstić information content (AvgIpc) is 3.02. The smallest absolute Gasteiger partial charge is 0.189 e. The Morgan fingerprint density at radius 1 is 1.29 bits per heavy atom. The van der Waals surface area contributed by atoms with E-state index >= 15 is 0 Å². The van der Waals surface area contributed by atoms with Crippen LogP contribution in [-0.2, 0) is 25.6 Å². The highest BCUT2D eigenvalue weighted by molar-refractivity contribution is 7.10. The monoisotopic (exact) mass is 312 g/mol. The van der Waals surface area contributed by atoms with Crippen molar-refractivity contribution in [2.45, 2.75) is 71.6 Å². The summed E-state index contributed by atoms with van der Waals surface area (Å²) in [7, 11) is 0. The number of rotatable bonds is 5. The molecule has 1 aromatic heterocycles. The zero-order valence-electron chi connectivity index (χ0n) is 13.1. The SMILES string of the molecule is Cc1sccc1CO[C@@H]1[C@H]2OC(C)O[C@H]2O[C@@H]1CC(C)C. The third-order valence-corrected chi connectivity index (χ3v) is 4.93. The van der Waals surface area contributed by atoms with Crippen molar-refractivity contribution in [3.63, 3.8) is 0 Å². The van der Waals surface area contributed by atoms with Crippen LogP contribution in [0.1, 0.15) is 37.6 Å². The second kappa shape index (κ2) is 6.34. The molecule has 2 aliphatic heterocycles. The van der Waals surface area contributed by atoms with Crippen LogP contribution in [0.25, 0.3) is 0 Å². The molecule has 1 aromatic rings. The van der Waals surface area contributed by atoms with Gasteiger partial charge in [0.15, 0.2) is 12.6 Å². The van der Waals surface area contributed by atoms with E-state index < -0.39 is 0 Å². The number of hydrogen-bond donors (Lipinski definition) is 0. The summed E-state index contributed by atoms with van der Waals surface area (Å²) in [6, 6.07) is 2.12. The van der Waals surface area contributed by atoms with E-state index in [1.807, 2.05) is 6.92 Å². The first-order valence-electron chi connectivity index (χ1n) is 7.65. The van der Waals surface area contributed by atoms with Crippen LogP contribution in [0.3, 0.4) is 0 Å². The van der Waals surface area contributed by atoms with E-state index in [1.54, 1.807) is 11.3 Å². The van der Waals surface area contributed by atoms with Crippen LogP contribution in [0.5, 0.6) is 0 Å². The summed E-state index contributed by atoms with van der Waals surface area (Å²) >= 11 is 1.75. The Morgan fingerprint density at radius 3 is 2.76 bits per heavy atom. The lowest BCUT2D eigenvalue weighted by atomic mass is 10.0. The summed E-state index contributed by atoms with van der Waals surface area (Å²) in [4.78, 5) is 1.31. The molecule has 0 spiro atoms. The fourth-order valence-electron chi connectivity index (χ4n) is 2.99. The molecule has 5 atom stereocenters. The van der Waals surface area contributed by atoms with Crippen molar-refractivity contribution in [3.8, 4) is 0 Å². The van der Waals surface area contributed by atoms with Gasteiger partial charge >= 0.3 is 0 Å². The van der Waals surface area contributed by atoms with Crippen LogP contribution in [0.4, 0.5) is 0 Å². The van der Waals surface area contributed by atoms with Crippen molar-refractivity contribution in [1.82, 2.24) is 0 Å². The van der Waals surface area contributed by atoms with Gasteiger partial charge in [0.25, 0.3) is 0 Å². The molecule has 3 heterocycles. The van der Waals surface area contributed by atoms with Crippen molar-refractivity contribution in [2.24, 2.45) is 5.92 Å². The van der Waals surface area contributed by atoms with Crippen molar-refractivity contribution in [1.29, 1.82) is 0 Å². The van der Waals surface area contributed by atoms with Gasteiger partial charge in [0.05, 0.1) is 12.7 Å². The predicted octanol–water partition coefficient (Wildman–Crippen LogP) is 3.47. The summed E-state index contributed by atoms with van der Waals surface area (Å²) in [6.07, 6.45) is 0.351. The van der Waals surface area contributed by atoms with Crippen LogP contribution in [0, 0.1) is 12.8 Å². The molecular weight excluding hydrogens is 288 g/mol. The Morgan fingerprint density at radius 2 is 2.10 bits per heavy atom. The molecule has 2 saturated heterocycles. The van der Waals surface area contributed by atoms with Gasteiger partial charge in [-0.1, -0.05) is 13.8 Å². The minimum Gasteiger partial charge on any atom is -0.368 e. The highest BCUT2D eigenvalue weighted by atomic mass is 32.1. The molecule has 0 aromatic carbocycles. The van der Waals surface area contributed by atoms with Gasteiger partial charge in [0.2, 0.25) is 0 Å². The van der Waals surface area contributed by atoms with E-state index in [2.05, 4.69) is 32.2 Å². The first kappa shape index (κ1) is 15.4. The predicted molar refractivity (Wildman–Crippen MR) is 81.2 cm³/mol. The van der Waals surface area contributed by atoms with Gasteiger partial charge in [0.1, 0.15) is 12.2 Å². The van der Waals surface area contributed by atoms with Crippen molar-refractivity contribution >= 4 is 11.3 Å². The molecule has 2 fully saturated rings. The molecule has 118 valence electrons. The maximum absolute atomic E-state index is 6.18. The number of aryl methyl sites for hydroxylation is 1. The topological polar surface area (TPSA) is 36.9 Å². The van der Waals surface area contributed by atoms with Crippen LogP contribution < -0.4 is 0 Å². The zero-order chi connectivity index (χ0) is 15.0. The van der Waals surface area contributed by atoms with Crippen LogP contribution in [0.2, 0.25) is 0 Å². The Balaban J connectivity index is 1.67. The second-order valence-electron chi connectivity index (χ2n) is 6.25. The minimum atomic E-state index is -0.280. The molecule has 0 saturated carbocycles. The standard InChI is InChI=1S/C16H24O4S/c1-9(2)7-13-14(15-16(20-13)19-11(4)18-15)17-8-12-5-6-21-10(12)3/h5-6,9,11,13-16H,7-8H2,1-4H3/t11?,13-,14+,15-,16+/m1/s1. The number of fused-ring (bicyclic) bond motifs is 1. The third-order valence-electron chi connectivity index (χ3n) is 4.04. The molecule has 0 aliphatic carbocycles. The normalized spacial score (nSPS) is 35.6. The number of ether oxygens (including phenoxy) is 4. The molecule has 0 radical (unpaired) electrons. The van der Waals surface area contributed by atoms with E-state index in [-0.39, 0.29) is 30.9 Å². The molecule has 3 rings (SSSR count). The maximum Gasteiger partial charge on any atom is 0.189 e. The molecule has 2 aliphatic rings. The van der Waals surface area contributed by atoms with Gasteiger partial charge in [0, 0.05) is 4.88 Å². The highest BCUT2D eigenvalue weighted by Gasteiger charge is 2.51. The van der Waals surface area contributed by atoms with Crippen LogP contribution in [-0.4, -0.2) is 30.9 Å². The van der Waals surface area contributed by atoms with Gasteiger partial charge in [-0.05, 0) is 43.2 Å². The second-order valence-corrected chi connectivity index (χ2v) is 7.37. The molecular formula is C16H24O4S. The summed E-state index contributed by atoms with van der Waals surface area (Å²) in [6.45, 7) is 9.03. The molecule has 1 unspecified atom stereocenters. The molecule has 5 heteroatoms. The highest BCUT2D eigenvalue weighted by Crippen LogP contribution is 2.37. The summed E-state index contributed by atoms with van der Waals surface area (Å²) in [5.41, 5.74) is 1.25. The van der Waals surface area contributed by atoms with Gasteiger partial charge in [-0.15, -0.1) is 11.3 Å². The van der Waals surface area contributed by atoms with Crippen LogP contribution >= 0.6 is 11.3 Å². The van der Waals surface area contributed by atoms with E-state index in [4.69, 9.17) is 18.9 Å². The first-order chi connectivity index (χ1) is 10.0. The van der Waals surface area contributed by atoms with Crippen molar-refractivity contribution < 1.29 is 18.9 Å². The van der Waals surface area contributed by atoms with Crippen molar-refractivity contribution in [2.75, 3.05) is 0 Å². The molecule has 0 N–H and O–H groups in total. The van der Waals surface area contributed by atoms with Gasteiger partial charge in [-0.2, -0.15) is 0 Å². The lowest BCUT2D eigenvalue weighted by Crippen LogP contribution is -2.35. The zero-order valence-corrected chi connectivity index (χ0v) is 13.9. The molecule has 0 amide bonds. The Hall–Kier alpha value is -0.460. The molecule has 0 bridgehead atoms. The first-order valence-corrected chi connectivity index (χ1v) is 8.53. The maximum atomic E-state index is 6.18. The molecule has 4 nitrogen and oxygen atoms in total. The fraction of sp³-hybridized carbons (Fsp3) is 0.750. The number of thiophene rings is 1. The Labute approximate surface area is 130 Å². The van der Waals surface area contributed by atoms with Crippen LogP contribution in [0.15, 0.2) is 11.4 Å². The van der Waals surface area contributed by atoms with Gasteiger partial charge in [-0.25, -0.2) is 0 Å². The Bertz CT molecular complexity index is 473. The van der Waals surface area contributed by atoms with E-state index in [9.17, 15) is 0 Å². The lowest BCUT2D eigenvalue weighted by Gasteiger charge is -2.24. The summed E-state index contributed by atoms with van der Waals surface area (Å²) < 4.78 is 23.7.